The lowest BCUT2D eigenvalue weighted by Gasteiger charge is -2.18. The van der Waals surface area contributed by atoms with Crippen molar-refractivity contribution in [3.05, 3.63) is 23.0 Å². The number of hydrogen-bond acceptors (Lipinski definition) is 2. The van der Waals surface area contributed by atoms with Gasteiger partial charge in [-0.3, -0.25) is 0 Å². The molecule has 1 aromatic heterocycles. The van der Waals surface area contributed by atoms with Crippen LogP contribution in [0, 0.1) is 6.92 Å². The van der Waals surface area contributed by atoms with E-state index in [1.165, 1.54) is 12.8 Å². The summed E-state index contributed by atoms with van der Waals surface area (Å²) in [5, 5.41) is 4.01. The molecule has 1 atom stereocenters. The molecule has 0 fully saturated rings. The van der Waals surface area contributed by atoms with Crippen LogP contribution in [0.1, 0.15) is 38.7 Å². The maximum atomic E-state index is 6.02. The van der Waals surface area contributed by atoms with Crippen LogP contribution in [0.25, 0.3) is 0 Å². The van der Waals surface area contributed by atoms with Gasteiger partial charge in [-0.05, 0) is 31.4 Å². The molecule has 0 saturated carbocycles. The minimum absolute atomic E-state index is 0.496. The Bertz CT molecular complexity index is 312. The first-order chi connectivity index (χ1) is 7.17. The van der Waals surface area contributed by atoms with Crippen LogP contribution in [0.5, 0.6) is 0 Å². The van der Waals surface area contributed by atoms with E-state index in [-0.39, 0.29) is 0 Å². The fraction of sp³-hybridized carbons (Fsp3) is 0.583. The summed E-state index contributed by atoms with van der Waals surface area (Å²) in [6.07, 6.45) is 5.25. The molecule has 0 aromatic carbocycles. The van der Waals surface area contributed by atoms with E-state index in [1.807, 2.05) is 13.0 Å². The monoisotopic (exact) mass is 226 g/mol. The number of pyridine rings is 1. The SMILES string of the molecule is CCCC(CC)Nc1cc(C)cnc1Cl. The van der Waals surface area contributed by atoms with E-state index in [0.29, 0.717) is 11.2 Å². The number of aromatic nitrogens is 1. The molecule has 1 rings (SSSR count). The molecule has 1 heterocycles. The van der Waals surface area contributed by atoms with Crippen LogP contribution < -0.4 is 5.32 Å². The summed E-state index contributed by atoms with van der Waals surface area (Å²) >= 11 is 6.02. The van der Waals surface area contributed by atoms with Gasteiger partial charge in [-0.2, -0.15) is 0 Å². The topological polar surface area (TPSA) is 24.9 Å². The quantitative estimate of drug-likeness (QED) is 0.767. The minimum atomic E-state index is 0.496. The Kier molecular flexibility index (Phi) is 4.89. The van der Waals surface area contributed by atoms with Crippen molar-refractivity contribution < 1.29 is 0 Å². The first kappa shape index (κ1) is 12.3. The van der Waals surface area contributed by atoms with Crippen LogP contribution >= 0.6 is 11.6 Å². The highest BCUT2D eigenvalue weighted by atomic mass is 35.5. The van der Waals surface area contributed by atoms with Crippen molar-refractivity contribution in [2.45, 2.75) is 46.1 Å². The van der Waals surface area contributed by atoms with Crippen LogP contribution in [-0.4, -0.2) is 11.0 Å². The molecule has 0 aliphatic heterocycles. The van der Waals surface area contributed by atoms with Gasteiger partial charge in [0.1, 0.15) is 0 Å². The number of nitrogens with one attached hydrogen (secondary N) is 1. The van der Waals surface area contributed by atoms with Crippen LogP contribution in [0.2, 0.25) is 5.15 Å². The lowest BCUT2D eigenvalue weighted by molar-refractivity contribution is 0.622. The second kappa shape index (κ2) is 5.96. The van der Waals surface area contributed by atoms with Gasteiger partial charge in [-0.1, -0.05) is 31.9 Å². The third-order valence-corrected chi connectivity index (χ3v) is 2.77. The predicted molar refractivity (Wildman–Crippen MR) is 66.6 cm³/mol. The summed E-state index contributed by atoms with van der Waals surface area (Å²) in [5.41, 5.74) is 2.09. The Morgan fingerprint density at radius 2 is 2.20 bits per heavy atom. The number of hydrogen-bond donors (Lipinski definition) is 1. The van der Waals surface area contributed by atoms with Crippen molar-refractivity contribution in [3.8, 4) is 0 Å². The van der Waals surface area contributed by atoms with Crippen molar-refractivity contribution >= 4 is 17.3 Å². The summed E-state index contributed by atoms with van der Waals surface area (Å²) in [7, 11) is 0. The molecule has 3 heteroatoms. The van der Waals surface area contributed by atoms with Crippen molar-refractivity contribution in [3.63, 3.8) is 0 Å². The second-order valence-corrected chi connectivity index (χ2v) is 4.25. The van der Waals surface area contributed by atoms with E-state index in [9.17, 15) is 0 Å². The van der Waals surface area contributed by atoms with Crippen LogP contribution in [0.15, 0.2) is 12.3 Å². The number of rotatable bonds is 5. The van der Waals surface area contributed by atoms with Gasteiger partial charge in [0.25, 0.3) is 0 Å². The van der Waals surface area contributed by atoms with E-state index in [4.69, 9.17) is 11.6 Å². The van der Waals surface area contributed by atoms with Crippen LogP contribution in [-0.2, 0) is 0 Å². The Labute approximate surface area is 97.1 Å². The van der Waals surface area contributed by atoms with Crippen molar-refractivity contribution in [1.82, 2.24) is 4.98 Å². The molecule has 0 spiro atoms. The molecule has 0 aliphatic carbocycles. The highest BCUT2D eigenvalue weighted by Gasteiger charge is 2.08. The van der Waals surface area contributed by atoms with E-state index in [0.717, 1.165) is 17.7 Å². The zero-order valence-electron chi connectivity index (χ0n) is 9.68. The molecule has 0 amide bonds. The van der Waals surface area contributed by atoms with Gasteiger partial charge in [0, 0.05) is 12.2 Å². The first-order valence-corrected chi connectivity index (χ1v) is 5.93. The second-order valence-electron chi connectivity index (χ2n) is 3.89. The standard InChI is InChI=1S/C12H19ClN2/c1-4-6-10(5-2)15-11-7-9(3)8-14-12(11)13/h7-8,10,15H,4-6H2,1-3H3. The average Bonchev–Trinajstić information content (AvgIpc) is 2.22. The minimum Gasteiger partial charge on any atom is -0.380 e. The molecule has 1 unspecified atom stereocenters. The smallest absolute Gasteiger partial charge is 0.152 e. The average molecular weight is 227 g/mol. The summed E-state index contributed by atoms with van der Waals surface area (Å²) in [5.74, 6) is 0. The number of halogens is 1. The van der Waals surface area contributed by atoms with Gasteiger partial charge in [0.05, 0.1) is 5.69 Å². The van der Waals surface area contributed by atoms with Gasteiger partial charge in [-0.25, -0.2) is 4.98 Å². The van der Waals surface area contributed by atoms with Gasteiger partial charge in [0.2, 0.25) is 0 Å². The first-order valence-electron chi connectivity index (χ1n) is 5.56. The Hall–Kier alpha value is -0.760. The summed E-state index contributed by atoms with van der Waals surface area (Å²) in [6, 6.07) is 2.55. The molecule has 0 radical (unpaired) electrons. The maximum Gasteiger partial charge on any atom is 0.152 e. The molecule has 0 aliphatic rings. The fourth-order valence-electron chi connectivity index (χ4n) is 1.60. The highest BCUT2D eigenvalue weighted by molar-refractivity contribution is 6.31. The largest absolute Gasteiger partial charge is 0.380 e. The van der Waals surface area contributed by atoms with Crippen molar-refractivity contribution in [1.29, 1.82) is 0 Å². The number of anilines is 1. The molecule has 1 N–H and O–H groups in total. The van der Waals surface area contributed by atoms with E-state index < -0.39 is 0 Å². The summed E-state index contributed by atoms with van der Waals surface area (Å²) in [6.45, 7) is 6.40. The summed E-state index contributed by atoms with van der Waals surface area (Å²) < 4.78 is 0. The molecule has 2 nitrogen and oxygen atoms in total. The van der Waals surface area contributed by atoms with Crippen molar-refractivity contribution in [2.24, 2.45) is 0 Å². The zero-order chi connectivity index (χ0) is 11.3. The maximum absolute atomic E-state index is 6.02. The van der Waals surface area contributed by atoms with E-state index in [1.54, 1.807) is 6.20 Å². The van der Waals surface area contributed by atoms with Crippen LogP contribution in [0.3, 0.4) is 0 Å². The Morgan fingerprint density at radius 1 is 1.47 bits per heavy atom. The highest BCUT2D eigenvalue weighted by Crippen LogP contribution is 2.22. The third-order valence-electron chi connectivity index (χ3n) is 2.47. The molecular formula is C12H19ClN2. The Balaban J connectivity index is 2.73. The normalized spacial score (nSPS) is 12.5. The third kappa shape index (κ3) is 3.71. The number of nitrogens with zero attached hydrogens (tertiary/aromatic N) is 1. The lowest BCUT2D eigenvalue weighted by atomic mass is 10.1. The molecule has 15 heavy (non-hydrogen) atoms. The molecule has 84 valence electrons. The molecule has 0 bridgehead atoms. The van der Waals surface area contributed by atoms with Gasteiger partial charge < -0.3 is 5.32 Å². The van der Waals surface area contributed by atoms with Crippen molar-refractivity contribution in [2.75, 3.05) is 5.32 Å². The zero-order valence-corrected chi connectivity index (χ0v) is 10.4. The molecule has 0 saturated heterocycles. The van der Waals surface area contributed by atoms with E-state index in [2.05, 4.69) is 24.1 Å². The molecule has 1 aromatic rings. The predicted octanol–water partition coefficient (Wildman–Crippen LogP) is 4.03. The fourth-order valence-corrected chi connectivity index (χ4v) is 1.76. The van der Waals surface area contributed by atoms with Crippen LogP contribution in [0.4, 0.5) is 5.69 Å². The number of aryl methyl sites for hydroxylation is 1. The lowest BCUT2D eigenvalue weighted by Crippen LogP contribution is -2.18. The Morgan fingerprint density at radius 3 is 2.80 bits per heavy atom. The van der Waals surface area contributed by atoms with Gasteiger partial charge in [-0.15, -0.1) is 0 Å². The summed E-state index contributed by atoms with van der Waals surface area (Å²) in [4.78, 5) is 4.13. The van der Waals surface area contributed by atoms with E-state index >= 15 is 0 Å². The van der Waals surface area contributed by atoms with Gasteiger partial charge in [0.15, 0.2) is 5.15 Å². The molecular weight excluding hydrogens is 208 g/mol. The van der Waals surface area contributed by atoms with Gasteiger partial charge >= 0.3 is 0 Å².